The molecule has 3 rings (SSSR count). The van der Waals surface area contributed by atoms with Gasteiger partial charge in [-0.3, -0.25) is 0 Å². The van der Waals surface area contributed by atoms with Gasteiger partial charge in [-0.25, -0.2) is 14.3 Å². The Bertz CT molecular complexity index is 1110. The van der Waals surface area contributed by atoms with Crippen molar-refractivity contribution in [3.05, 3.63) is 48.0 Å². The molecule has 2 N–H and O–H groups in total. The van der Waals surface area contributed by atoms with Crippen molar-refractivity contribution in [2.75, 3.05) is 19.5 Å². The zero-order chi connectivity index (χ0) is 21.3. The Morgan fingerprint density at radius 1 is 0.966 bits per heavy atom. The molecule has 0 radical (unpaired) electrons. The van der Waals surface area contributed by atoms with Gasteiger partial charge in [0, 0.05) is 17.7 Å². The van der Waals surface area contributed by atoms with E-state index in [1.54, 1.807) is 13.0 Å². The predicted molar refractivity (Wildman–Crippen MR) is 106 cm³/mol. The third-order valence-corrected chi connectivity index (χ3v) is 7.23. The molecule has 1 saturated carbocycles. The van der Waals surface area contributed by atoms with Crippen molar-refractivity contribution < 1.29 is 30.6 Å². The first-order chi connectivity index (χ1) is 13.5. The molecule has 0 saturated heterocycles. The van der Waals surface area contributed by atoms with E-state index in [1.807, 2.05) is 0 Å². The van der Waals surface area contributed by atoms with Crippen LogP contribution in [0.1, 0.15) is 18.4 Å². The first kappa shape index (κ1) is 21.6. The van der Waals surface area contributed by atoms with Crippen molar-refractivity contribution in [2.24, 2.45) is 11.3 Å². The van der Waals surface area contributed by atoms with Crippen LogP contribution in [0.4, 0.5) is 0 Å². The topological polar surface area (TPSA) is 122 Å². The van der Waals surface area contributed by atoms with E-state index in [0.717, 1.165) is 24.7 Å². The highest BCUT2D eigenvalue weighted by molar-refractivity contribution is 7.92. The maximum atomic E-state index is 12.7. The lowest BCUT2D eigenvalue weighted by Crippen LogP contribution is -2.21. The summed E-state index contributed by atoms with van der Waals surface area (Å²) in [7, 11) is -8.13. The number of rotatable bonds is 9. The van der Waals surface area contributed by atoms with Gasteiger partial charge in [0.05, 0.1) is 18.1 Å². The zero-order valence-corrected chi connectivity index (χ0v) is 17.8. The number of hydrogen-bond acceptors (Lipinski definition) is 8. The molecular formula is C19H23NO7S2. The van der Waals surface area contributed by atoms with Crippen molar-refractivity contribution >= 4 is 20.0 Å². The number of ether oxygens (including phenoxy) is 1. The monoisotopic (exact) mass is 441 g/mol. The molecule has 158 valence electrons. The molecule has 1 aliphatic rings. The van der Waals surface area contributed by atoms with E-state index in [4.69, 9.17) is 19.7 Å². The van der Waals surface area contributed by atoms with Gasteiger partial charge in [-0.05, 0) is 49.6 Å². The minimum Gasteiger partial charge on any atom is -0.493 e. The van der Waals surface area contributed by atoms with Gasteiger partial charge in [-0.15, -0.1) is 0 Å². The molecule has 2 aromatic carbocycles. The lowest BCUT2D eigenvalue weighted by atomic mass is 10.1. The van der Waals surface area contributed by atoms with Gasteiger partial charge in [0.25, 0.3) is 0 Å². The Morgan fingerprint density at radius 3 is 2.17 bits per heavy atom. The standard InChI is InChI=1S/C19H23NO7S2/c1-14-9-15(25-12-19(7-8-19)13-26-20)11-16(10-14)27-29(23,24)18-6-4-3-5-17(18)28(2,21)22/h3-6,9-11H,7-8,12-13,20H2,1-2H3. The number of nitrogens with two attached hydrogens (primary N) is 1. The average Bonchev–Trinajstić information content (AvgIpc) is 3.39. The van der Waals surface area contributed by atoms with Gasteiger partial charge < -0.3 is 13.8 Å². The molecule has 10 heteroatoms. The Hall–Kier alpha value is -2.14. The molecule has 0 unspecified atom stereocenters. The number of sulfone groups is 1. The Kier molecular flexibility index (Phi) is 5.91. The van der Waals surface area contributed by atoms with E-state index in [0.29, 0.717) is 19.0 Å². The zero-order valence-electron chi connectivity index (χ0n) is 16.1. The Balaban J connectivity index is 1.84. The summed E-state index contributed by atoms with van der Waals surface area (Å²) in [5.41, 5.74) is 0.615. The van der Waals surface area contributed by atoms with Crippen LogP contribution in [0.3, 0.4) is 0 Å². The summed E-state index contributed by atoms with van der Waals surface area (Å²) in [5, 5.41) is 0. The van der Waals surface area contributed by atoms with Crippen LogP contribution >= 0.6 is 0 Å². The van der Waals surface area contributed by atoms with Crippen molar-refractivity contribution in [3.63, 3.8) is 0 Å². The van der Waals surface area contributed by atoms with Crippen LogP contribution < -0.4 is 14.8 Å². The highest BCUT2D eigenvalue weighted by atomic mass is 32.2. The fraction of sp³-hybridized carbons (Fsp3) is 0.368. The summed E-state index contributed by atoms with van der Waals surface area (Å²) < 4.78 is 60.4. The van der Waals surface area contributed by atoms with Crippen LogP contribution in [0.2, 0.25) is 0 Å². The van der Waals surface area contributed by atoms with Gasteiger partial charge in [0.1, 0.15) is 16.4 Å². The van der Waals surface area contributed by atoms with Gasteiger partial charge in [0.2, 0.25) is 0 Å². The third-order valence-electron chi connectivity index (χ3n) is 4.64. The van der Waals surface area contributed by atoms with Crippen LogP contribution in [0.15, 0.2) is 52.3 Å². The fourth-order valence-electron chi connectivity index (χ4n) is 2.90. The Morgan fingerprint density at radius 2 is 1.59 bits per heavy atom. The number of hydrogen-bond donors (Lipinski definition) is 1. The maximum absolute atomic E-state index is 12.7. The van der Waals surface area contributed by atoms with Crippen LogP contribution in [-0.2, 0) is 24.8 Å². The molecule has 0 spiro atoms. The summed E-state index contributed by atoms with van der Waals surface area (Å²) in [6.45, 7) is 2.54. The molecule has 0 bridgehead atoms. The first-order valence-electron chi connectivity index (χ1n) is 8.84. The summed E-state index contributed by atoms with van der Waals surface area (Å²) in [6, 6.07) is 10.0. The summed E-state index contributed by atoms with van der Waals surface area (Å²) in [4.78, 5) is 3.99. The number of benzene rings is 2. The summed E-state index contributed by atoms with van der Waals surface area (Å²) >= 11 is 0. The van der Waals surface area contributed by atoms with Crippen molar-refractivity contribution in [1.29, 1.82) is 0 Å². The van der Waals surface area contributed by atoms with Gasteiger partial charge in [-0.2, -0.15) is 8.42 Å². The second-order valence-corrected chi connectivity index (χ2v) is 10.8. The van der Waals surface area contributed by atoms with Crippen molar-refractivity contribution in [1.82, 2.24) is 0 Å². The molecule has 1 aliphatic carbocycles. The highest BCUT2D eigenvalue weighted by Gasteiger charge is 2.44. The van der Waals surface area contributed by atoms with E-state index in [-0.39, 0.29) is 16.1 Å². The first-order valence-corrected chi connectivity index (χ1v) is 12.1. The molecule has 8 nitrogen and oxygen atoms in total. The molecule has 0 aliphatic heterocycles. The van der Waals surface area contributed by atoms with E-state index >= 15 is 0 Å². The summed E-state index contributed by atoms with van der Waals surface area (Å²) in [5.74, 6) is 5.62. The highest BCUT2D eigenvalue weighted by Crippen LogP contribution is 2.46. The molecule has 0 aromatic heterocycles. The van der Waals surface area contributed by atoms with Crippen molar-refractivity contribution in [3.8, 4) is 11.5 Å². The normalized spacial score (nSPS) is 15.7. The Labute approximate surface area is 170 Å². The van der Waals surface area contributed by atoms with E-state index in [1.165, 1.54) is 36.4 Å². The molecule has 0 amide bonds. The van der Waals surface area contributed by atoms with Crippen LogP contribution in [0.25, 0.3) is 0 Å². The van der Waals surface area contributed by atoms with E-state index < -0.39 is 24.9 Å². The third kappa shape index (κ3) is 5.27. The van der Waals surface area contributed by atoms with Crippen LogP contribution in [-0.4, -0.2) is 36.3 Å². The van der Waals surface area contributed by atoms with Crippen molar-refractivity contribution in [2.45, 2.75) is 29.6 Å². The van der Waals surface area contributed by atoms with Gasteiger partial charge >= 0.3 is 10.1 Å². The maximum Gasteiger partial charge on any atom is 0.340 e. The molecule has 29 heavy (non-hydrogen) atoms. The molecular weight excluding hydrogens is 418 g/mol. The predicted octanol–water partition coefficient (Wildman–Crippen LogP) is 2.22. The minimum absolute atomic E-state index is 0.0308. The van der Waals surface area contributed by atoms with Crippen LogP contribution in [0.5, 0.6) is 11.5 Å². The second-order valence-electron chi connectivity index (χ2n) is 7.34. The van der Waals surface area contributed by atoms with Gasteiger partial charge in [0.15, 0.2) is 9.84 Å². The van der Waals surface area contributed by atoms with E-state index in [9.17, 15) is 16.8 Å². The van der Waals surface area contributed by atoms with E-state index in [2.05, 4.69) is 0 Å². The average molecular weight is 442 g/mol. The van der Waals surface area contributed by atoms with Gasteiger partial charge in [-0.1, -0.05) is 12.1 Å². The molecule has 1 fully saturated rings. The molecule has 2 aromatic rings. The number of aryl methyl sites for hydroxylation is 1. The lowest BCUT2D eigenvalue weighted by Gasteiger charge is -2.16. The fourth-order valence-corrected chi connectivity index (χ4v) is 5.42. The molecule has 0 atom stereocenters. The largest absolute Gasteiger partial charge is 0.493 e. The van der Waals surface area contributed by atoms with Crippen LogP contribution in [0, 0.1) is 12.3 Å². The molecule has 0 heterocycles. The lowest BCUT2D eigenvalue weighted by molar-refractivity contribution is 0.0675. The SMILES string of the molecule is Cc1cc(OCC2(CON)CC2)cc(OS(=O)(=O)c2ccccc2S(C)(=O)=O)c1. The summed E-state index contributed by atoms with van der Waals surface area (Å²) in [6.07, 6.45) is 2.82. The quantitative estimate of drug-likeness (QED) is 0.464. The smallest absolute Gasteiger partial charge is 0.340 e. The minimum atomic E-state index is -4.37. The second kappa shape index (κ2) is 7.94.